The molecule has 6 heteroatoms. The summed E-state index contributed by atoms with van der Waals surface area (Å²) in [6, 6.07) is 9.84. The molecule has 2 atom stereocenters. The fourth-order valence-corrected chi connectivity index (χ4v) is 3.48. The minimum absolute atomic E-state index is 0.122. The van der Waals surface area contributed by atoms with E-state index >= 15 is 0 Å². The number of hydrogen-bond acceptors (Lipinski definition) is 4. The summed E-state index contributed by atoms with van der Waals surface area (Å²) in [5.41, 5.74) is 1.41. The van der Waals surface area contributed by atoms with Gasteiger partial charge in [0, 0.05) is 12.7 Å². The number of H-pyrrole nitrogens is 1. The molecular formula is C16H21N4O2+. The Balaban J connectivity index is 2.24. The van der Waals surface area contributed by atoms with Gasteiger partial charge in [0.25, 0.3) is 0 Å². The molecule has 3 rings (SSSR count). The number of nitrogens with one attached hydrogen (secondary N) is 2. The van der Waals surface area contributed by atoms with Gasteiger partial charge in [-0.25, -0.2) is 0 Å². The van der Waals surface area contributed by atoms with Crippen LogP contribution in [0.5, 0.6) is 0 Å². The van der Waals surface area contributed by atoms with E-state index in [2.05, 4.69) is 22.4 Å². The Hall–Kier alpha value is -2.18. The van der Waals surface area contributed by atoms with Gasteiger partial charge in [0.1, 0.15) is 12.2 Å². The van der Waals surface area contributed by atoms with Gasteiger partial charge < -0.3 is 10.1 Å². The van der Waals surface area contributed by atoms with Crippen LogP contribution in [0.1, 0.15) is 12.5 Å². The molecule has 1 saturated heterocycles. The van der Waals surface area contributed by atoms with E-state index in [-0.39, 0.29) is 10.6 Å². The molecule has 2 N–H and O–H groups in total. The molecule has 2 heterocycles. The molecule has 0 aliphatic carbocycles. The highest BCUT2D eigenvalue weighted by atomic mass is 16.5. The average Bonchev–Trinajstić information content (AvgIpc) is 3.11. The van der Waals surface area contributed by atoms with Crippen molar-refractivity contribution in [3.63, 3.8) is 0 Å². The fourth-order valence-electron chi connectivity index (χ4n) is 3.48. The maximum atomic E-state index is 12.9. The molecule has 1 aliphatic rings. The zero-order valence-electron chi connectivity index (χ0n) is 12.9. The third-order valence-electron chi connectivity index (χ3n) is 4.74. The quantitative estimate of drug-likeness (QED) is 0.833. The van der Waals surface area contributed by atoms with E-state index in [0.717, 1.165) is 17.8 Å². The van der Waals surface area contributed by atoms with Crippen LogP contribution in [0.3, 0.4) is 0 Å². The van der Waals surface area contributed by atoms with Crippen LogP contribution in [0.4, 0.5) is 10.5 Å². The van der Waals surface area contributed by atoms with Crippen molar-refractivity contribution in [1.29, 1.82) is 0 Å². The lowest BCUT2D eigenvalue weighted by Crippen LogP contribution is -2.73. The highest BCUT2D eigenvalue weighted by Crippen LogP contribution is 2.42. The van der Waals surface area contributed by atoms with Gasteiger partial charge in [-0.1, -0.05) is 18.2 Å². The van der Waals surface area contributed by atoms with Gasteiger partial charge in [-0.3, -0.25) is 5.10 Å². The third-order valence-corrected chi connectivity index (χ3v) is 4.74. The lowest BCUT2D eigenvalue weighted by atomic mass is 9.86. The van der Waals surface area contributed by atoms with Crippen molar-refractivity contribution < 1.29 is 9.53 Å². The Morgan fingerprint density at radius 3 is 2.77 bits per heavy atom. The molecule has 0 spiro atoms. The minimum atomic E-state index is -0.500. The zero-order chi connectivity index (χ0) is 15.6. The summed E-state index contributed by atoms with van der Waals surface area (Å²) in [5.74, 6) is 0. The number of aromatic nitrogens is 2. The van der Waals surface area contributed by atoms with E-state index in [1.807, 2.05) is 36.5 Å². The van der Waals surface area contributed by atoms with Gasteiger partial charge in [-0.05, 0) is 19.1 Å². The molecular weight excluding hydrogens is 280 g/mol. The molecule has 0 saturated carbocycles. The second kappa shape index (κ2) is 5.55. The molecule has 2 unspecified atom stereocenters. The van der Waals surface area contributed by atoms with E-state index < -0.39 is 5.54 Å². The number of nitrogens with zero attached hydrogens (tertiary/aromatic N) is 2. The van der Waals surface area contributed by atoms with Crippen molar-refractivity contribution >= 4 is 11.8 Å². The van der Waals surface area contributed by atoms with Crippen molar-refractivity contribution in [3.8, 4) is 0 Å². The second-order valence-corrected chi connectivity index (χ2v) is 5.78. The van der Waals surface area contributed by atoms with Gasteiger partial charge in [0.05, 0.1) is 25.4 Å². The van der Waals surface area contributed by atoms with E-state index in [0.29, 0.717) is 13.1 Å². The molecule has 1 aromatic heterocycles. The molecule has 0 radical (unpaired) electrons. The first-order valence-electron chi connectivity index (χ1n) is 7.37. The summed E-state index contributed by atoms with van der Waals surface area (Å²) in [7, 11) is 1.45. The summed E-state index contributed by atoms with van der Waals surface area (Å²) < 4.78 is 5.34. The van der Waals surface area contributed by atoms with E-state index in [9.17, 15) is 4.79 Å². The van der Waals surface area contributed by atoms with Crippen LogP contribution in [0.2, 0.25) is 0 Å². The number of amides is 1. The molecule has 1 fully saturated rings. The molecule has 1 aliphatic heterocycles. The third kappa shape index (κ3) is 1.95. The maximum absolute atomic E-state index is 12.9. The van der Waals surface area contributed by atoms with Crippen molar-refractivity contribution in [2.75, 3.05) is 26.7 Å². The van der Waals surface area contributed by atoms with Crippen LogP contribution in [0.15, 0.2) is 42.7 Å². The van der Waals surface area contributed by atoms with Crippen LogP contribution >= 0.6 is 0 Å². The van der Waals surface area contributed by atoms with Gasteiger partial charge >= 0.3 is 6.09 Å². The van der Waals surface area contributed by atoms with Gasteiger partial charge in [-0.2, -0.15) is 14.4 Å². The molecule has 22 heavy (non-hydrogen) atoms. The number of carbonyl (C=O) groups excluding carboxylic acids is 1. The SMILES string of the molecule is COC(=O)[N+]1(c2ccccc2)CCNCC1(C)c1cn[nH]c1. The highest BCUT2D eigenvalue weighted by Gasteiger charge is 2.58. The first-order chi connectivity index (χ1) is 10.6. The monoisotopic (exact) mass is 301 g/mol. The number of carbonyl (C=O) groups is 1. The predicted octanol–water partition coefficient (Wildman–Crippen LogP) is 2.00. The molecule has 2 aromatic rings. The molecule has 1 aromatic carbocycles. The van der Waals surface area contributed by atoms with Crippen molar-refractivity contribution in [2.45, 2.75) is 12.5 Å². The van der Waals surface area contributed by atoms with Crippen molar-refractivity contribution in [1.82, 2.24) is 20.0 Å². The van der Waals surface area contributed by atoms with E-state index in [1.165, 1.54) is 7.11 Å². The first kappa shape index (κ1) is 14.7. The predicted molar refractivity (Wildman–Crippen MR) is 84.3 cm³/mol. The Morgan fingerprint density at radius 1 is 1.36 bits per heavy atom. The summed E-state index contributed by atoms with van der Waals surface area (Å²) in [6.45, 7) is 4.11. The van der Waals surface area contributed by atoms with Gasteiger partial charge in [0.15, 0.2) is 5.54 Å². The smallest absolute Gasteiger partial charge is 0.423 e. The first-order valence-corrected chi connectivity index (χ1v) is 7.37. The maximum Gasteiger partial charge on any atom is 0.521 e. The van der Waals surface area contributed by atoms with Crippen molar-refractivity contribution in [2.24, 2.45) is 0 Å². The van der Waals surface area contributed by atoms with Crippen LogP contribution in [-0.4, -0.2) is 43.0 Å². The molecule has 6 nitrogen and oxygen atoms in total. The van der Waals surface area contributed by atoms with Gasteiger partial charge in [0.2, 0.25) is 0 Å². The summed E-state index contributed by atoms with van der Waals surface area (Å²) in [5, 5.41) is 10.3. The molecule has 1 amide bonds. The number of rotatable bonds is 2. The normalized spacial score (nSPS) is 28.3. The van der Waals surface area contributed by atoms with E-state index in [1.54, 1.807) is 6.20 Å². The van der Waals surface area contributed by atoms with Crippen LogP contribution < -0.4 is 9.80 Å². The number of hydrogen-bond donors (Lipinski definition) is 2. The van der Waals surface area contributed by atoms with Gasteiger partial charge in [-0.15, -0.1) is 0 Å². The van der Waals surface area contributed by atoms with Crippen LogP contribution in [-0.2, 0) is 10.3 Å². The Kier molecular flexibility index (Phi) is 3.72. The number of benzene rings is 1. The Labute approximate surface area is 129 Å². The minimum Gasteiger partial charge on any atom is -0.423 e. The summed E-state index contributed by atoms with van der Waals surface area (Å²) in [4.78, 5) is 12.9. The number of ether oxygens (including phenoxy) is 1. The topological polar surface area (TPSA) is 67.0 Å². The molecule has 0 bridgehead atoms. The lowest BCUT2D eigenvalue weighted by molar-refractivity contribution is 0.0562. The number of para-hydroxylation sites is 1. The lowest BCUT2D eigenvalue weighted by Gasteiger charge is -2.50. The largest absolute Gasteiger partial charge is 0.521 e. The average molecular weight is 301 g/mol. The number of quaternary nitrogens is 1. The van der Waals surface area contributed by atoms with Crippen molar-refractivity contribution in [3.05, 3.63) is 48.3 Å². The Morgan fingerprint density at radius 2 is 2.14 bits per heavy atom. The molecule has 116 valence electrons. The zero-order valence-corrected chi connectivity index (χ0v) is 12.9. The summed E-state index contributed by atoms with van der Waals surface area (Å²) >= 11 is 0. The number of aromatic amines is 1. The number of piperazine rings is 1. The Bertz CT molecular complexity index is 643. The fraction of sp³-hybridized carbons (Fsp3) is 0.375. The second-order valence-electron chi connectivity index (χ2n) is 5.78. The van der Waals surface area contributed by atoms with Crippen LogP contribution in [0, 0.1) is 0 Å². The highest BCUT2D eigenvalue weighted by molar-refractivity contribution is 5.84. The number of methoxy groups -OCH3 is 1. The van der Waals surface area contributed by atoms with E-state index in [4.69, 9.17) is 4.74 Å². The summed E-state index contributed by atoms with van der Waals surface area (Å²) in [6.07, 6.45) is 3.38. The standard InChI is InChI=1S/C16H21N4O2/c1-16(13-10-18-19-11-13)12-17-8-9-20(16,15(21)22-2)14-6-4-3-5-7-14/h3-7,10-11,17H,8-9,12H2,1-2H3,(H,18,19)/q+1. The van der Waals surface area contributed by atoms with Crippen LogP contribution in [0.25, 0.3) is 0 Å².